The number of hydrogen-bond donors (Lipinski definition) is 1. The standard InChI is InChI=1S/C16H20ClNO2/c1-4-9-18-16(15-7-5-11(2)20-15)13-10-12(17)6-8-14(13)19-3/h5-8,10,16,18H,4,9H2,1-3H3. The Labute approximate surface area is 124 Å². The Bertz CT molecular complexity index is 565. The molecule has 1 aromatic carbocycles. The summed E-state index contributed by atoms with van der Waals surface area (Å²) in [7, 11) is 1.66. The van der Waals surface area contributed by atoms with Crippen LogP contribution in [-0.2, 0) is 0 Å². The summed E-state index contributed by atoms with van der Waals surface area (Å²) >= 11 is 6.13. The molecule has 0 saturated heterocycles. The molecule has 20 heavy (non-hydrogen) atoms. The maximum Gasteiger partial charge on any atom is 0.125 e. The average molecular weight is 294 g/mol. The van der Waals surface area contributed by atoms with Gasteiger partial charge < -0.3 is 14.5 Å². The van der Waals surface area contributed by atoms with Crippen LogP contribution in [0.15, 0.2) is 34.7 Å². The van der Waals surface area contributed by atoms with Gasteiger partial charge in [0.15, 0.2) is 0 Å². The number of benzene rings is 1. The van der Waals surface area contributed by atoms with Crippen LogP contribution in [0.4, 0.5) is 0 Å². The van der Waals surface area contributed by atoms with Crippen molar-refractivity contribution in [1.29, 1.82) is 0 Å². The Balaban J connectivity index is 2.42. The predicted molar refractivity (Wildman–Crippen MR) is 81.6 cm³/mol. The zero-order valence-electron chi connectivity index (χ0n) is 12.1. The van der Waals surface area contributed by atoms with E-state index in [9.17, 15) is 0 Å². The first-order valence-electron chi connectivity index (χ1n) is 6.79. The second-order valence-electron chi connectivity index (χ2n) is 4.72. The molecule has 1 aromatic heterocycles. The van der Waals surface area contributed by atoms with Gasteiger partial charge in [-0.25, -0.2) is 0 Å². The summed E-state index contributed by atoms with van der Waals surface area (Å²) in [5.41, 5.74) is 0.989. The van der Waals surface area contributed by atoms with E-state index in [1.54, 1.807) is 7.11 Å². The zero-order valence-corrected chi connectivity index (χ0v) is 12.8. The van der Waals surface area contributed by atoms with E-state index in [4.69, 9.17) is 20.8 Å². The summed E-state index contributed by atoms with van der Waals surface area (Å²) < 4.78 is 11.2. The minimum Gasteiger partial charge on any atom is -0.496 e. The molecule has 0 spiro atoms. The summed E-state index contributed by atoms with van der Waals surface area (Å²) in [5, 5.41) is 4.17. The molecule has 0 fully saturated rings. The summed E-state index contributed by atoms with van der Waals surface area (Å²) in [5.74, 6) is 2.57. The molecule has 0 amide bonds. The highest BCUT2D eigenvalue weighted by Gasteiger charge is 2.21. The van der Waals surface area contributed by atoms with Crippen molar-refractivity contribution in [2.45, 2.75) is 26.3 Å². The molecule has 3 nitrogen and oxygen atoms in total. The quantitative estimate of drug-likeness (QED) is 0.860. The molecule has 2 aromatic rings. The van der Waals surface area contributed by atoms with Gasteiger partial charge >= 0.3 is 0 Å². The van der Waals surface area contributed by atoms with Crippen LogP contribution in [0.3, 0.4) is 0 Å². The van der Waals surface area contributed by atoms with Gasteiger partial charge in [-0.2, -0.15) is 0 Å². The second kappa shape index (κ2) is 6.82. The maximum absolute atomic E-state index is 6.13. The van der Waals surface area contributed by atoms with Gasteiger partial charge in [-0.05, 0) is 50.2 Å². The minimum atomic E-state index is -0.0581. The van der Waals surface area contributed by atoms with Crippen LogP contribution in [0.2, 0.25) is 5.02 Å². The van der Waals surface area contributed by atoms with Crippen molar-refractivity contribution < 1.29 is 9.15 Å². The lowest BCUT2D eigenvalue weighted by Crippen LogP contribution is -2.23. The zero-order chi connectivity index (χ0) is 14.5. The summed E-state index contributed by atoms with van der Waals surface area (Å²) in [6.07, 6.45) is 1.04. The summed E-state index contributed by atoms with van der Waals surface area (Å²) in [6.45, 7) is 4.96. The number of methoxy groups -OCH3 is 1. The van der Waals surface area contributed by atoms with Crippen LogP contribution in [0, 0.1) is 6.92 Å². The molecule has 1 atom stereocenters. The van der Waals surface area contributed by atoms with Gasteiger partial charge in [0, 0.05) is 10.6 Å². The maximum atomic E-state index is 6.13. The fraction of sp³-hybridized carbons (Fsp3) is 0.375. The van der Waals surface area contributed by atoms with E-state index in [2.05, 4.69) is 12.2 Å². The molecule has 1 heterocycles. The van der Waals surface area contributed by atoms with Gasteiger partial charge in [-0.3, -0.25) is 0 Å². The topological polar surface area (TPSA) is 34.4 Å². The third kappa shape index (κ3) is 3.35. The minimum absolute atomic E-state index is 0.0581. The normalized spacial score (nSPS) is 12.4. The van der Waals surface area contributed by atoms with Crippen molar-refractivity contribution in [3.63, 3.8) is 0 Å². The van der Waals surface area contributed by atoms with Crippen LogP contribution >= 0.6 is 11.6 Å². The number of aryl methyl sites for hydroxylation is 1. The highest BCUT2D eigenvalue weighted by Crippen LogP contribution is 2.33. The van der Waals surface area contributed by atoms with E-state index in [0.717, 1.165) is 35.8 Å². The lowest BCUT2D eigenvalue weighted by Gasteiger charge is -2.19. The SMILES string of the molecule is CCCNC(c1ccc(C)o1)c1cc(Cl)ccc1OC. The van der Waals surface area contributed by atoms with E-state index in [0.29, 0.717) is 5.02 Å². The van der Waals surface area contributed by atoms with E-state index < -0.39 is 0 Å². The lowest BCUT2D eigenvalue weighted by atomic mass is 10.0. The van der Waals surface area contributed by atoms with Crippen LogP contribution < -0.4 is 10.1 Å². The Morgan fingerprint density at radius 1 is 1.30 bits per heavy atom. The number of halogens is 1. The fourth-order valence-corrected chi connectivity index (χ4v) is 2.37. The van der Waals surface area contributed by atoms with E-state index in [-0.39, 0.29) is 6.04 Å². The van der Waals surface area contributed by atoms with Gasteiger partial charge in [0.05, 0.1) is 13.2 Å². The van der Waals surface area contributed by atoms with Crippen molar-refractivity contribution in [2.75, 3.05) is 13.7 Å². The number of ether oxygens (including phenoxy) is 1. The van der Waals surface area contributed by atoms with Crippen LogP contribution in [0.1, 0.15) is 36.5 Å². The third-order valence-electron chi connectivity index (χ3n) is 3.15. The number of rotatable bonds is 6. The average Bonchev–Trinajstić information content (AvgIpc) is 2.86. The molecular formula is C16H20ClNO2. The van der Waals surface area contributed by atoms with Crippen LogP contribution in [0.5, 0.6) is 5.75 Å². The number of nitrogens with one attached hydrogen (secondary N) is 1. The van der Waals surface area contributed by atoms with E-state index in [1.807, 2.05) is 37.3 Å². The Morgan fingerprint density at radius 2 is 2.10 bits per heavy atom. The highest BCUT2D eigenvalue weighted by molar-refractivity contribution is 6.30. The van der Waals surface area contributed by atoms with Gasteiger partial charge in [0.2, 0.25) is 0 Å². The molecule has 108 valence electrons. The smallest absolute Gasteiger partial charge is 0.125 e. The molecule has 0 aliphatic heterocycles. The van der Waals surface area contributed by atoms with E-state index in [1.165, 1.54) is 0 Å². The van der Waals surface area contributed by atoms with Gasteiger partial charge in [-0.15, -0.1) is 0 Å². The molecular weight excluding hydrogens is 274 g/mol. The van der Waals surface area contributed by atoms with Crippen molar-refractivity contribution in [2.24, 2.45) is 0 Å². The molecule has 2 rings (SSSR count). The lowest BCUT2D eigenvalue weighted by molar-refractivity contribution is 0.389. The fourth-order valence-electron chi connectivity index (χ4n) is 2.19. The predicted octanol–water partition coefficient (Wildman–Crippen LogP) is 4.34. The Kier molecular flexibility index (Phi) is 5.10. The third-order valence-corrected chi connectivity index (χ3v) is 3.38. The van der Waals surface area contributed by atoms with Crippen molar-refractivity contribution in [3.05, 3.63) is 52.4 Å². The van der Waals surface area contributed by atoms with E-state index >= 15 is 0 Å². The molecule has 0 bridgehead atoms. The van der Waals surface area contributed by atoms with Crippen molar-refractivity contribution in [3.8, 4) is 5.75 Å². The van der Waals surface area contributed by atoms with Crippen LogP contribution in [0.25, 0.3) is 0 Å². The second-order valence-corrected chi connectivity index (χ2v) is 5.16. The monoisotopic (exact) mass is 293 g/mol. The number of furan rings is 1. The van der Waals surface area contributed by atoms with Gasteiger partial charge in [-0.1, -0.05) is 18.5 Å². The highest BCUT2D eigenvalue weighted by atomic mass is 35.5. The molecule has 1 N–H and O–H groups in total. The molecule has 0 aliphatic rings. The van der Waals surface area contributed by atoms with Crippen molar-refractivity contribution >= 4 is 11.6 Å². The molecule has 0 aliphatic carbocycles. The summed E-state index contributed by atoms with van der Waals surface area (Å²) in [6, 6.07) is 9.53. The first-order valence-corrected chi connectivity index (χ1v) is 7.16. The van der Waals surface area contributed by atoms with Crippen LogP contribution in [-0.4, -0.2) is 13.7 Å². The largest absolute Gasteiger partial charge is 0.496 e. The molecule has 0 saturated carbocycles. The van der Waals surface area contributed by atoms with Gasteiger partial charge in [0.1, 0.15) is 17.3 Å². The molecule has 0 radical (unpaired) electrons. The Morgan fingerprint density at radius 3 is 2.70 bits per heavy atom. The first-order chi connectivity index (χ1) is 9.65. The Hall–Kier alpha value is -1.45. The number of hydrogen-bond acceptors (Lipinski definition) is 3. The molecule has 1 unspecified atom stereocenters. The summed E-state index contributed by atoms with van der Waals surface area (Å²) in [4.78, 5) is 0. The van der Waals surface area contributed by atoms with Gasteiger partial charge in [0.25, 0.3) is 0 Å². The van der Waals surface area contributed by atoms with Crippen molar-refractivity contribution in [1.82, 2.24) is 5.32 Å². The molecule has 4 heteroatoms. The first kappa shape index (κ1) is 14.9.